The Morgan fingerprint density at radius 3 is 2.70 bits per heavy atom. The van der Waals surface area contributed by atoms with Crippen LogP contribution >= 0.6 is 0 Å². The van der Waals surface area contributed by atoms with Gasteiger partial charge in [0.15, 0.2) is 0 Å². The number of ether oxygens (including phenoxy) is 1. The highest BCUT2D eigenvalue weighted by molar-refractivity contribution is 5.60. The summed E-state index contributed by atoms with van der Waals surface area (Å²) in [5, 5.41) is 3.20. The number of hydrogen-bond acceptors (Lipinski definition) is 4. The molecule has 1 N–H and O–H groups in total. The summed E-state index contributed by atoms with van der Waals surface area (Å²) in [7, 11) is 0. The largest absolute Gasteiger partial charge is 0.490 e. The monoisotopic (exact) mass is 269 g/mol. The molecule has 0 atom stereocenters. The first-order chi connectivity index (χ1) is 9.85. The zero-order chi connectivity index (χ0) is 13.8. The molecule has 0 aliphatic heterocycles. The Balaban J connectivity index is 1.73. The summed E-state index contributed by atoms with van der Waals surface area (Å²) < 4.78 is 5.75. The van der Waals surface area contributed by atoms with Crippen LogP contribution in [0.5, 0.6) is 5.75 Å². The molecule has 104 valence electrons. The molecule has 1 aliphatic rings. The van der Waals surface area contributed by atoms with E-state index in [9.17, 15) is 0 Å². The van der Waals surface area contributed by atoms with Crippen LogP contribution in [0, 0.1) is 0 Å². The van der Waals surface area contributed by atoms with Crippen LogP contribution in [0.15, 0.2) is 36.5 Å². The third-order valence-corrected chi connectivity index (χ3v) is 3.17. The lowest BCUT2D eigenvalue weighted by Crippen LogP contribution is -2.04. The van der Waals surface area contributed by atoms with Crippen LogP contribution < -0.4 is 10.1 Å². The Kier molecular flexibility index (Phi) is 3.81. The third kappa shape index (κ3) is 3.26. The molecule has 4 heteroatoms. The molecule has 0 spiro atoms. The van der Waals surface area contributed by atoms with Crippen LogP contribution in [0.4, 0.5) is 5.95 Å². The summed E-state index contributed by atoms with van der Waals surface area (Å²) in [6, 6.07) is 10.0. The molecule has 1 aromatic carbocycles. The van der Waals surface area contributed by atoms with E-state index in [0.717, 1.165) is 30.0 Å². The number of benzene rings is 1. The third-order valence-electron chi connectivity index (χ3n) is 3.17. The van der Waals surface area contributed by atoms with Crippen LogP contribution in [0.2, 0.25) is 0 Å². The maximum Gasteiger partial charge on any atom is 0.223 e. The van der Waals surface area contributed by atoms with E-state index in [1.165, 1.54) is 12.8 Å². The number of nitrogens with zero attached hydrogens (tertiary/aromatic N) is 2. The second-order valence-corrected chi connectivity index (χ2v) is 5.03. The quantitative estimate of drug-likeness (QED) is 0.871. The van der Waals surface area contributed by atoms with Crippen molar-refractivity contribution < 1.29 is 4.74 Å². The molecular formula is C16H19N3O. The Hall–Kier alpha value is -2.10. The summed E-state index contributed by atoms with van der Waals surface area (Å²) in [6.07, 6.45) is 5.64. The standard InChI is InChI=1S/C16H19N3O/c1-2-10-17-16-18-11-9-15(19-16)12-3-5-13(6-4-12)20-14-7-8-14/h3-6,9,11,14H,2,7-8,10H2,1H3,(H,17,18,19). The highest BCUT2D eigenvalue weighted by Crippen LogP contribution is 2.28. The molecular weight excluding hydrogens is 250 g/mol. The molecule has 4 nitrogen and oxygen atoms in total. The SMILES string of the molecule is CCCNc1nccc(-c2ccc(OC3CC3)cc2)n1. The highest BCUT2D eigenvalue weighted by Gasteiger charge is 2.23. The van der Waals surface area contributed by atoms with Gasteiger partial charge >= 0.3 is 0 Å². The van der Waals surface area contributed by atoms with Gasteiger partial charge in [0.25, 0.3) is 0 Å². The van der Waals surface area contributed by atoms with Crippen molar-refractivity contribution in [1.29, 1.82) is 0 Å². The maximum atomic E-state index is 5.75. The van der Waals surface area contributed by atoms with Gasteiger partial charge in [-0.3, -0.25) is 0 Å². The number of rotatable bonds is 6. The van der Waals surface area contributed by atoms with Crippen molar-refractivity contribution in [1.82, 2.24) is 9.97 Å². The molecule has 1 aliphatic carbocycles. The normalized spacial score (nSPS) is 14.1. The van der Waals surface area contributed by atoms with E-state index in [1.807, 2.05) is 30.3 Å². The molecule has 0 unspecified atom stereocenters. The summed E-state index contributed by atoms with van der Waals surface area (Å²) in [4.78, 5) is 8.74. The van der Waals surface area contributed by atoms with Crippen molar-refractivity contribution in [3.05, 3.63) is 36.5 Å². The van der Waals surface area contributed by atoms with Crippen LogP contribution in [0.1, 0.15) is 26.2 Å². The van der Waals surface area contributed by atoms with Crippen molar-refractivity contribution in [2.45, 2.75) is 32.3 Å². The van der Waals surface area contributed by atoms with E-state index in [0.29, 0.717) is 12.1 Å². The molecule has 2 aromatic rings. The van der Waals surface area contributed by atoms with Gasteiger partial charge in [-0.05, 0) is 49.6 Å². The van der Waals surface area contributed by atoms with Gasteiger partial charge in [0.2, 0.25) is 5.95 Å². The van der Waals surface area contributed by atoms with Gasteiger partial charge in [-0.2, -0.15) is 0 Å². The minimum atomic E-state index is 0.435. The van der Waals surface area contributed by atoms with Gasteiger partial charge in [0, 0.05) is 18.3 Å². The average Bonchev–Trinajstić information content (AvgIpc) is 3.30. The summed E-state index contributed by atoms with van der Waals surface area (Å²) in [5.41, 5.74) is 2.01. The first-order valence-corrected chi connectivity index (χ1v) is 7.19. The second kappa shape index (κ2) is 5.90. The van der Waals surface area contributed by atoms with E-state index in [-0.39, 0.29) is 0 Å². The van der Waals surface area contributed by atoms with E-state index in [4.69, 9.17) is 4.74 Å². The lowest BCUT2D eigenvalue weighted by molar-refractivity contribution is 0.303. The molecule has 1 saturated carbocycles. The topological polar surface area (TPSA) is 47.0 Å². The van der Waals surface area contributed by atoms with Crippen LogP contribution in [-0.2, 0) is 0 Å². The van der Waals surface area contributed by atoms with E-state index < -0.39 is 0 Å². The summed E-state index contributed by atoms with van der Waals surface area (Å²) in [5.74, 6) is 1.62. The Bertz CT molecular complexity index is 564. The first kappa shape index (κ1) is 12.9. The smallest absolute Gasteiger partial charge is 0.223 e. The summed E-state index contributed by atoms with van der Waals surface area (Å²) >= 11 is 0. The van der Waals surface area contributed by atoms with Crippen LogP contribution in [0.3, 0.4) is 0 Å². The molecule has 1 fully saturated rings. The number of aromatic nitrogens is 2. The lowest BCUT2D eigenvalue weighted by Gasteiger charge is -2.07. The van der Waals surface area contributed by atoms with Crippen molar-refractivity contribution >= 4 is 5.95 Å². The molecule has 3 rings (SSSR count). The van der Waals surface area contributed by atoms with E-state index >= 15 is 0 Å². The molecule has 0 radical (unpaired) electrons. The minimum absolute atomic E-state index is 0.435. The van der Waals surface area contributed by atoms with E-state index in [1.54, 1.807) is 6.20 Å². The molecule has 1 aromatic heterocycles. The lowest BCUT2D eigenvalue weighted by atomic mass is 10.1. The molecule has 0 saturated heterocycles. The van der Waals surface area contributed by atoms with Crippen molar-refractivity contribution in [2.24, 2.45) is 0 Å². The predicted octanol–water partition coefficient (Wildman–Crippen LogP) is 3.51. The van der Waals surface area contributed by atoms with Gasteiger partial charge < -0.3 is 10.1 Å². The Morgan fingerprint density at radius 2 is 2.00 bits per heavy atom. The predicted molar refractivity (Wildman–Crippen MR) is 79.9 cm³/mol. The van der Waals surface area contributed by atoms with Gasteiger partial charge in [0.05, 0.1) is 11.8 Å². The van der Waals surface area contributed by atoms with Gasteiger partial charge in [-0.25, -0.2) is 9.97 Å². The highest BCUT2D eigenvalue weighted by atomic mass is 16.5. The fourth-order valence-corrected chi connectivity index (χ4v) is 1.92. The molecule has 1 heterocycles. The number of anilines is 1. The summed E-state index contributed by atoms with van der Waals surface area (Å²) in [6.45, 7) is 3.01. The van der Waals surface area contributed by atoms with Crippen molar-refractivity contribution in [3.8, 4) is 17.0 Å². The van der Waals surface area contributed by atoms with Crippen LogP contribution in [0.25, 0.3) is 11.3 Å². The molecule has 0 amide bonds. The Labute approximate surface area is 119 Å². The average molecular weight is 269 g/mol. The fourth-order valence-electron chi connectivity index (χ4n) is 1.92. The Morgan fingerprint density at radius 1 is 1.20 bits per heavy atom. The van der Waals surface area contributed by atoms with Crippen molar-refractivity contribution in [2.75, 3.05) is 11.9 Å². The van der Waals surface area contributed by atoms with Gasteiger partial charge in [-0.15, -0.1) is 0 Å². The zero-order valence-corrected chi connectivity index (χ0v) is 11.7. The maximum absolute atomic E-state index is 5.75. The first-order valence-electron chi connectivity index (χ1n) is 7.19. The van der Waals surface area contributed by atoms with Gasteiger partial charge in [-0.1, -0.05) is 6.92 Å². The zero-order valence-electron chi connectivity index (χ0n) is 11.7. The van der Waals surface area contributed by atoms with Gasteiger partial charge in [0.1, 0.15) is 5.75 Å². The fraction of sp³-hybridized carbons (Fsp3) is 0.375. The minimum Gasteiger partial charge on any atom is -0.490 e. The van der Waals surface area contributed by atoms with Crippen LogP contribution in [-0.4, -0.2) is 22.6 Å². The van der Waals surface area contributed by atoms with Crippen molar-refractivity contribution in [3.63, 3.8) is 0 Å². The number of hydrogen-bond donors (Lipinski definition) is 1. The number of nitrogens with one attached hydrogen (secondary N) is 1. The second-order valence-electron chi connectivity index (χ2n) is 5.03. The van der Waals surface area contributed by atoms with E-state index in [2.05, 4.69) is 22.2 Å². The molecule has 0 bridgehead atoms. The molecule has 20 heavy (non-hydrogen) atoms.